The lowest BCUT2D eigenvalue weighted by Crippen LogP contribution is -1.99. The van der Waals surface area contributed by atoms with Crippen LogP contribution in [-0.2, 0) is 0 Å². The molecule has 0 atom stereocenters. The Balaban J connectivity index is 2.74. The number of aromatic nitrogens is 1. The van der Waals surface area contributed by atoms with Crippen molar-refractivity contribution in [1.29, 1.82) is 0 Å². The largest absolute Gasteiger partial charge is 0.481 e. The zero-order valence-electron chi connectivity index (χ0n) is 6.79. The quantitative estimate of drug-likeness (QED) is 0.713. The van der Waals surface area contributed by atoms with E-state index in [9.17, 15) is 0 Å². The number of rotatable bonds is 3. The summed E-state index contributed by atoms with van der Waals surface area (Å²) in [5.74, 6) is 1.50. The summed E-state index contributed by atoms with van der Waals surface area (Å²) in [5, 5.41) is 3.09. The molecule has 1 aromatic heterocycles. The molecule has 0 aliphatic carbocycles. The van der Waals surface area contributed by atoms with Crippen LogP contribution < -0.4 is 10.1 Å². The molecule has 0 amide bonds. The van der Waals surface area contributed by atoms with Gasteiger partial charge < -0.3 is 10.1 Å². The molecule has 3 heteroatoms. The highest BCUT2D eigenvalue weighted by Crippen LogP contribution is 2.09. The number of methoxy groups -OCH3 is 1. The highest BCUT2D eigenvalue weighted by atomic mass is 16.5. The Morgan fingerprint density at radius 3 is 3.00 bits per heavy atom. The van der Waals surface area contributed by atoms with Crippen LogP contribution in [0.15, 0.2) is 18.2 Å². The van der Waals surface area contributed by atoms with Crippen molar-refractivity contribution in [3.05, 3.63) is 18.2 Å². The summed E-state index contributed by atoms with van der Waals surface area (Å²) in [5.41, 5.74) is 0. The molecule has 0 radical (unpaired) electrons. The first-order chi connectivity index (χ1) is 5.36. The van der Waals surface area contributed by atoms with Crippen molar-refractivity contribution in [2.45, 2.75) is 6.92 Å². The second kappa shape index (κ2) is 3.81. The number of nitrogens with zero attached hydrogens (tertiary/aromatic N) is 1. The minimum atomic E-state index is 0.642. The zero-order chi connectivity index (χ0) is 8.10. The Hall–Kier alpha value is -1.25. The fourth-order valence-electron chi connectivity index (χ4n) is 0.808. The van der Waals surface area contributed by atoms with Gasteiger partial charge >= 0.3 is 0 Å². The second-order valence-electron chi connectivity index (χ2n) is 2.10. The standard InChI is InChI=1S/C8H12N2O/c1-3-9-7-5-4-6-8(10-7)11-2/h4-6H,3H2,1-2H3,(H,9,10). The minimum absolute atomic E-state index is 0.642. The Labute approximate surface area is 66.4 Å². The van der Waals surface area contributed by atoms with Crippen molar-refractivity contribution in [3.63, 3.8) is 0 Å². The molecule has 60 valence electrons. The molecule has 0 aromatic carbocycles. The van der Waals surface area contributed by atoms with Gasteiger partial charge in [-0.15, -0.1) is 0 Å². The molecule has 0 saturated carbocycles. The van der Waals surface area contributed by atoms with E-state index in [-0.39, 0.29) is 0 Å². The van der Waals surface area contributed by atoms with Crippen LogP contribution in [0.4, 0.5) is 5.82 Å². The molecule has 1 rings (SSSR count). The number of ether oxygens (including phenoxy) is 1. The molecule has 1 N–H and O–H groups in total. The van der Waals surface area contributed by atoms with Gasteiger partial charge in [0.1, 0.15) is 5.82 Å². The topological polar surface area (TPSA) is 34.1 Å². The molecule has 1 heterocycles. The summed E-state index contributed by atoms with van der Waals surface area (Å²) < 4.78 is 4.95. The number of hydrogen-bond acceptors (Lipinski definition) is 3. The monoisotopic (exact) mass is 152 g/mol. The molecule has 0 unspecified atom stereocenters. The van der Waals surface area contributed by atoms with Gasteiger partial charge in [0, 0.05) is 12.6 Å². The highest BCUT2D eigenvalue weighted by molar-refractivity contribution is 5.36. The number of nitrogens with one attached hydrogen (secondary N) is 1. The molecule has 11 heavy (non-hydrogen) atoms. The van der Waals surface area contributed by atoms with Gasteiger partial charge in [-0.2, -0.15) is 4.98 Å². The summed E-state index contributed by atoms with van der Waals surface area (Å²) in [6.07, 6.45) is 0. The van der Waals surface area contributed by atoms with Crippen molar-refractivity contribution >= 4 is 5.82 Å². The van der Waals surface area contributed by atoms with E-state index < -0.39 is 0 Å². The summed E-state index contributed by atoms with van der Waals surface area (Å²) in [6, 6.07) is 5.64. The molecular weight excluding hydrogens is 140 g/mol. The van der Waals surface area contributed by atoms with Gasteiger partial charge in [-0.1, -0.05) is 6.07 Å². The van der Waals surface area contributed by atoms with Crippen molar-refractivity contribution in [2.75, 3.05) is 19.0 Å². The van der Waals surface area contributed by atoms with E-state index in [0.717, 1.165) is 12.4 Å². The molecule has 0 saturated heterocycles. The smallest absolute Gasteiger partial charge is 0.214 e. The number of pyridine rings is 1. The lowest BCUT2D eigenvalue weighted by atomic mass is 10.4. The van der Waals surface area contributed by atoms with Crippen LogP contribution in [-0.4, -0.2) is 18.6 Å². The van der Waals surface area contributed by atoms with Gasteiger partial charge in [0.05, 0.1) is 7.11 Å². The van der Waals surface area contributed by atoms with Gasteiger partial charge in [0.15, 0.2) is 0 Å². The molecule has 1 aromatic rings. The average Bonchev–Trinajstić information content (AvgIpc) is 2.06. The zero-order valence-corrected chi connectivity index (χ0v) is 6.79. The third-order valence-electron chi connectivity index (χ3n) is 1.29. The van der Waals surface area contributed by atoms with Crippen LogP contribution in [0.1, 0.15) is 6.92 Å². The normalized spacial score (nSPS) is 9.27. The number of hydrogen-bond donors (Lipinski definition) is 1. The lowest BCUT2D eigenvalue weighted by molar-refractivity contribution is 0.398. The Morgan fingerprint density at radius 2 is 2.36 bits per heavy atom. The molecular formula is C8H12N2O. The first-order valence-electron chi connectivity index (χ1n) is 3.61. The van der Waals surface area contributed by atoms with Crippen molar-refractivity contribution in [3.8, 4) is 5.88 Å². The van der Waals surface area contributed by atoms with E-state index in [2.05, 4.69) is 10.3 Å². The molecule has 0 bridgehead atoms. The van der Waals surface area contributed by atoms with E-state index in [4.69, 9.17) is 4.74 Å². The van der Waals surface area contributed by atoms with E-state index >= 15 is 0 Å². The Kier molecular flexibility index (Phi) is 2.72. The van der Waals surface area contributed by atoms with Crippen LogP contribution in [0.2, 0.25) is 0 Å². The molecule has 0 aliphatic rings. The van der Waals surface area contributed by atoms with Crippen molar-refractivity contribution in [2.24, 2.45) is 0 Å². The Morgan fingerprint density at radius 1 is 1.55 bits per heavy atom. The molecule has 0 spiro atoms. The number of anilines is 1. The van der Waals surface area contributed by atoms with E-state index in [1.165, 1.54) is 0 Å². The van der Waals surface area contributed by atoms with Gasteiger partial charge in [0.2, 0.25) is 5.88 Å². The van der Waals surface area contributed by atoms with Crippen LogP contribution in [0, 0.1) is 0 Å². The summed E-state index contributed by atoms with van der Waals surface area (Å²) >= 11 is 0. The summed E-state index contributed by atoms with van der Waals surface area (Å²) in [6.45, 7) is 2.90. The third-order valence-corrected chi connectivity index (χ3v) is 1.29. The highest BCUT2D eigenvalue weighted by Gasteiger charge is 1.93. The van der Waals surface area contributed by atoms with Gasteiger partial charge in [-0.05, 0) is 13.0 Å². The minimum Gasteiger partial charge on any atom is -0.481 e. The van der Waals surface area contributed by atoms with Crippen LogP contribution >= 0.6 is 0 Å². The fourth-order valence-corrected chi connectivity index (χ4v) is 0.808. The van der Waals surface area contributed by atoms with Crippen molar-refractivity contribution in [1.82, 2.24) is 4.98 Å². The summed E-state index contributed by atoms with van der Waals surface area (Å²) in [4.78, 5) is 4.15. The second-order valence-corrected chi connectivity index (χ2v) is 2.10. The van der Waals surface area contributed by atoms with Crippen LogP contribution in [0.5, 0.6) is 5.88 Å². The van der Waals surface area contributed by atoms with Crippen LogP contribution in [0.3, 0.4) is 0 Å². The molecule has 0 fully saturated rings. The van der Waals surface area contributed by atoms with Gasteiger partial charge in [-0.3, -0.25) is 0 Å². The molecule has 3 nitrogen and oxygen atoms in total. The molecule has 0 aliphatic heterocycles. The average molecular weight is 152 g/mol. The first-order valence-corrected chi connectivity index (χ1v) is 3.61. The van der Waals surface area contributed by atoms with E-state index in [1.54, 1.807) is 7.11 Å². The van der Waals surface area contributed by atoms with Gasteiger partial charge in [-0.25, -0.2) is 0 Å². The lowest BCUT2D eigenvalue weighted by Gasteiger charge is -2.02. The maximum Gasteiger partial charge on any atom is 0.214 e. The third kappa shape index (κ3) is 2.11. The van der Waals surface area contributed by atoms with E-state index in [1.807, 2.05) is 25.1 Å². The predicted octanol–water partition coefficient (Wildman–Crippen LogP) is 1.52. The predicted molar refractivity (Wildman–Crippen MR) is 45.0 cm³/mol. The first kappa shape index (κ1) is 7.85. The van der Waals surface area contributed by atoms with Gasteiger partial charge in [0.25, 0.3) is 0 Å². The maximum absolute atomic E-state index is 4.95. The summed E-state index contributed by atoms with van der Waals surface area (Å²) in [7, 11) is 1.61. The fraction of sp³-hybridized carbons (Fsp3) is 0.375. The van der Waals surface area contributed by atoms with Crippen LogP contribution in [0.25, 0.3) is 0 Å². The maximum atomic E-state index is 4.95. The SMILES string of the molecule is CCNc1cccc(OC)n1. The van der Waals surface area contributed by atoms with E-state index in [0.29, 0.717) is 5.88 Å². The van der Waals surface area contributed by atoms with Crippen molar-refractivity contribution < 1.29 is 4.74 Å². The Bertz CT molecular complexity index is 225.